The first kappa shape index (κ1) is 18.8. The van der Waals surface area contributed by atoms with Crippen molar-refractivity contribution in [2.24, 2.45) is 40.4 Å². The predicted octanol–water partition coefficient (Wildman–Crippen LogP) is 4.06. The van der Waals surface area contributed by atoms with E-state index in [0.717, 1.165) is 44.9 Å². The molecule has 5 rings (SSSR count). The summed E-state index contributed by atoms with van der Waals surface area (Å²) in [5, 5.41) is 11.5. The molecule has 5 aliphatic rings. The Labute approximate surface area is 168 Å². The Kier molecular flexibility index (Phi) is 3.84. The van der Waals surface area contributed by atoms with Crippen LogP contribution in [0.2, 0.25) is 0 Å². The van der Waals surface area contributed by atoms with E-state index in [2.05, 4.69) is 19.9 Å². The molecule has 28 heavy (non-hydrogen) atoms. The molecule has 154 valence electrons. The van der Waals surface area contributed by atoms with Gasteiger partial charge in [0.25, 0.3) is 0 Å². The lowest BCUT2D eigenvalue weighted by Crippen LogP contribution is -2.59. The van der Waals surface area contributed by atoms with Crippen LogP contribution in [0.3, 0.4) is 0 Å². The van der Waals surface area contributed by atoms with Crippen LogP contribution in [0.4, 0.5) is 0 Å². The zero-order chi connectivity index (χ0) is 20.1. The Balaban J connectivity index is 1.46. The number of esters is 1. The van der Waals surface area contributed by atoms with E-state index in [0.29, 0.717) is 23.7 Å². The highest BCUT2D eigenvalue weighted by molar-refractivity contribution is 5.87. The molecular formula is C24H34O4. The van der Waals surface area contributed by atoms with Crippen molar-refractivity contribution in [3.63, 3.8) is 0 Å². The first-order valence-corrected chi connectivity index (χ1v) is 11.2. The predicted molar refractivity (Wildman–Crippen MR) is 105 cm³/mol. The summed E-state index contributed by atoms with van der Waals surface area (Å²) in [7, 11) is 0. The van der Waals surface area contributed by atoms with E-state index in [1.807, 2.05) is 0 Å². The number of fused-ring (bicyclic) bond motifs is 7. The molecule has 0 aromatic heterocycles. The summed E-state index contributed by atoms with van der Waals surface area (Å²) in [6.45, 7) is 7.74. The second-order valence-corrected chi connectivity index (χ2v) is 10.9. The summed E-state index contributed by atoms with van der Waals surface area (Å²) in [5.74, 6) is 2.19. The number of hydrogen-bond donors (Lipinski definition) is 1. The Morgan fingerprint density at radius 3 is 2.54 bits per heavy atom. The molecule has 0 aliphatic heterocycles. The first-order chi connectivity index (χ1) is 13.1. The van der Waals surface area contributed by atoms with Crippen LogP contribution in [0.25, 0.3) is 0 Å². The second kappa shape index (κ2) is 5.71. The van der Waals surface area contributed by atoms with Gasteiger partial charge in [0.2, 0.25) is 0 Å². The van der Waals surface area contributed by atoms with E-state index >= 15 is 0 Å². The number of carbonyl (C=O) groups is 2. The minimum absolute atomic E-state index is 0.0106. The van der Waals surface area contributed by atoms with E-state index < -0.39 is 5.60 Å². The van der Waals surface area contributed by atoms with Crippen molar-refractivity contribution in [3.05, 3.63) is 11.6 Å². The molecule has 0 saturated heterocycles. The van der Waals surface area contributed by atoms with Gasteiger partial charge in [-0.1, -0.05) is 25.5 Å². The van der Waals surface area contributed by atoms with Crippen molar-refractivity contribution in [2.45, 2.75) is 84.3 Å². The van der Waals surface area contributed by atoms with Gasteiger partial charge in [-0.25, -0.2) is 0 Å². The Hall–Kier alpha value is -1.16. The molecule has 4 nitrogen and oxygen atoms in total. The van der Waals surface area contributed by atoms with Crippen molar-refractivity contribution in [1.82, 2.24) is 0 Å². The van der Waals surface area contributed by atoms with Crippen LogP contribution in [0.15, 0.2) is 11.6 Å². The van der Waals surface area contributed by atoms with Gasteiger partial charge in [0.05, 0.1) is 0 Å². The van der Waals surface area contributed by atoms with Gasteiger partial charge in [0, 0.05) is 18.8 Å². The molecule has 5 aliphatic carbocycles. The zero-order valence-corrected chi connectivity index (χ0v) is 17.7. The van der Waals surface area contributed by atoms with Gasteiger partial charge in [0.15, 0.2) is 5.78 Å². The Morgan fingerprint density at radius 1 is 1.11 bits per heavy atom. The van der Waals surface area contributed by atoms with E-state index in [9.17, 15) is 14.7 Å². The van der Waals surface area contributed by atoms with Crippen molar-refractivity contribution in [2.75, 3.05) is 0 Å². The van der Waals surface area contributed by atoms with Crippen LogP contribution in [-0.4, -0.2) is 28.6 Å². The zero-order valence-electron chi connectivity index (χ0n) is 17.7. The van der Waals surface area contributed by atoms with Gasteiger partial charge in [-0.15, -0.1) is 0 Å². The highest BCUT2D eigenvalue weighted by Gasteiger charge is 2.77. The molecular weight excluding hydrogens is 352 g/mol. The molecule has 0 bridgehead atoms. The van der Waals surface area contributed by atoms with Crippen molar-refractivity contribution in [1.29, 1.82) is 0 Å². The van der Waals surface area contributed by atoms with Gasteiger partial charge in [-0.3, -0.25) is 9.59 Å². The number of hydrogen-bond acceptors (Lipinski definition) is 4. The maximum atomic E-state index is 12.5. The summed E-state index contributed by atoms with van der Waals surface area (Å²) in [4.78, 5) is 23.9. The molecule has 0 amide bonds. The monoisotopic (exact) mass is 386 g/mol. The standard InChI is InChI=1S/C24H34O4/c1-13(25)24(27)20-12-18(20)21-17-6-5-15-11-16(28-14(2)26)7-9-22(15,3)19(17)8-10-23(21,24)4/h5,16-21,27H,6-12H2,1-4H3/t16-,17+,18-,19-,20+,21+,22-,23-,24+/m0/s1. The number of rotatable bonds is 2. The summed E-state index contributed by atoms with van der Waals surface area (Å²) in [6.07, 6.45) is 9.51. The highest BCUT2D eigenvalue weighted by Crippen LogP contribution is 2.76. The number of allylic oxidation sites excluding steroid dienone is 1. The first-order valence-electron chi connectivity index (χ1n) is 11.2. The van der Waals surface area contributed by atoms with Crippen LogP contribution >= 0.6 is 0 Å². The maximum Gasteiger partial charge on any atom is 0.302 e. The van der Waals surface area contributed by atoms with E-state index in [-0.39, 0.29) is 34.6 Å². The molecule has 0 unspecified atom stereocenters. The average Bonchev–Trinajstić information content (AvgIpc) is 3.37. The van der Waals surface area contributed by atoms with E-state index in [4.69, 9.17) is 4.74 Å². The van der Waals surface area contributed by atoms with Gasteiger partial charge in [0.1, 0.15) is 11.7 Å². The highest BCUT2D eigenvalue weighted by atomic mass is 16.5. The van der Waals surface area contributed by atoms with Gasteiger partial charge in [-0.05, 0) is 80.5 Å². The smallest absolute Gasteiger partial charge is 0.302 e. The Morgan fingerprint density at radius 2 is 1.86 bits per heavy atom. The number of ether oxygens (including phenoxy) is 1. The van der Waals surface area contributed by atoms with Crippen LogP contribution < -0.4 is 0 Å². The lowest BCUT2D eigenvalue weighted by Gasteiger charge is -2.59. The fourth-order valence-corrected chi connectivity index (χ4v) is 8.63. The van der Waals surface area contributed by atoms with Crippen molar-refractivity contribution in [3.8, 4) is 0 Å². The molecule has 1 N–H and O–H groups in total. The van der Waals surface area contributed by atoms with E-state index in [1.165, 1.54) is 12.5 Å². The average molecular weight is 387 g/mol. The number of ketones is 1. The third kappa shape index (κ3) is 2.16. The number of carbonyl (C=O) groups excluding carboxylic acids is 2. The quantitative estimate of drug-likeness (QED) is 0.574. The largest absolute Gasteiger partial charge is 0.462 e. The van der Waals surface area contributed by atoms with Crippen LogP contribution in [0, 0.1) is 40.4 Å². The molecule has 9 atom stereocenters. The summed E-state index contributed by atoms with van der Waals surface area (Å²) >= 11 is 0. The molecule has 4 fully saturated rings. The topological polar surface area (TPSA) is 63.6 Å². The van der Waals surface area contributed by atoms with Gasteiger partial charge in [-0.2, -0.15) is 0 Å². The van der Waals surface area contributed by atoms with Crippen LogP contribution in [0.5, 0.6) is 0 Å². The molecule has 4 saturated carbocycles. The van der Waals surface area contributed by atoms with Crippen molar-refractivity contribution >= 4 is 11.8 Å². The maximum absolute atomic E-state index is 12.5. The summed E-state index contributed by atoms with van der Waals surface area (Å²) in [6, 6.07) is 0. The van der Waals surface area contributed by atoms with Crippen LogP contribution in [0.1, 0.15) is 72.6 Å². The molecule has 4 heteroatoms. The van der Waals surface area contributed by atoms with Gasteiger partial charge < -0.3 is 9.84 Å². The lowest BCUT2D eigenvalue weighted by atomic mass is 9.45. The summed E-state index contributed by atoms with van der Waals surface area (Å²) in [5.41, 5.74) is 0.305. The SMILES string of the molecule is CC(=O)O[C@H]1CC[C@@]2(C)C(=CC[C@H]3[C@@H]4[C@H]5C[C@H]5[C@](O)(C(C)=O)[C@@]4(C)CC[C@@H]32)C1. The second-order valence-electron chi connectivity index (χ2n) is 10.9. The fourth-order valence-electron chi connectivity index (χ4n) is 8.63. The van der Waals surface area contributed by atoms with E-state index in [1.54, 1.807) is 6.92 Å². The molecule has 0 heterocycles. The third-order valence-corrected chi connectivity index (χ3v) is 9.89. The molecule has 0 aromatic rings. The minimum Gasteiger partial charge on any atom is -0.462 e. The van der Waals surface area contributed by atoms with Crippen LogP contribution in [-0.2, 0) is 14.3 Å². The third-order valence-electron chi connectivity index (χ3n) is 9.89. The molecule has 0 aromatic carbocycles. The number of aliphatic hydroxyl groups is 1. The molecule has 0 radical (unpaired) electrons. The minimum atomic E-state index is -1.11. The normalized spacial score (nSPS) is 53.8. The van der Waals surface area contributed by atoms with Crippen molar-refractivity contribution < 1.29 is 19.4 Å². The Bertz CT molecular complexity index is 771. The fraction of sp³-hybridized carbons (Fsp3) is 0.833. The summed E-state index contributed by atoms with van der Waals surface area (Å²) < 4.78 is 5.53. The molecule has 0 spiro atoms. The number of Topliss-reactive ketones (excluding diaryl/α,β-unsaturated/α-hetero) is 1. The van der Waals surface area contributed by atoms with Gasteiger partial charge >= 0.3 is 5.97 Å². The lowest BCUT2D eigenvalue weighted by molar-refractivity contribution is -0.168.